The molecular weight excluding hydrogens is 264 g/mol. The van der Waals surface area contributed by atoms with Gasteiger partial charge in [-0.3, -0.25) is 15.0 Å². The monoisotopic (exact) mass is 286 g/mol. The van der Waals surface area contributed by atoms with Gasteiger partial charge >= 0.3 is 0 Å². The number of hydrogen-bond donors (Lipinski definition) is 1. The second-order valence-electron chi connectivity index (χ2n) is 5.68. The van der Waals surface area contributed by atoms with E-state index in [1.165, 1.54) is 5.56 Å². The van der Waals surface area contributed by atoms with Crippen LogP contribution in [0.4, 0.5) is 0 Å². The van der Waals surface area contributed by atoms with Gasteiger partial charge in [-0.15, -0.1) is 0 Å². The zero-order valence-electron chi connectivity index (χ0n) is 12.9. The zero-order valence-corrected chi connectivity index (χ0v) is 12.9. The fourth-order valence-corrected chi connectivity index (χ4v) is 3.04. The first-order valence-corrected chi connectivity index (χ1v) is 7.41. The first kappa shape index (κ1) is 14.2. The summed E-state index contributed by atoms with van der Waals surface area (Å²) in [5.74, 6) is 0. The fourth-order valence-electron chi connectivity index (χ4n) is 3.04. The van der Waals surface area contributed by atoms with Crippen LogP contribution in [0.3, 0.4) is 0 Å². The lowest BCUT2D eigenvalue weighted by molar-refractivity contribution is -0.0137. The van der Waals surface area contributed by atoms with Crippen molar-refractivity contribution in [2.75, 3.05) is 19.8 Å². The van der Waals surface area contributed by atoms with E-state index in [2.05, 4.69) is 46.1 Å². The van der Waals surface area contributed by atoms with E-state index in [0.717, 1.165) is 42.5 Å². The van der Waals surface area contributed by atoms with Crippen molar-refractivity contribution < 1.29 is 4.74 Å². The summed E-state index contributed by atoms with van der Waals surface area (Å²) in [4.78, 5) is 7.06. The van der Waals surface area contributed by atoms with E-state index in [0.29, 0.717) is 6.61 Å². The third-order valence-corrected chi connectivity index (χ3v) is 4.07. The van der Waals surface area contributed by atoms with Gasteiger partial charge in [0, 0.05) is 30.0 Å². The molecule has 0 radical (unpaired) electrons. The number of pyridine rings is 1. The van der Waals surface area contributed by atoms with Crippen LogP contribution >= 0.6 is 0 Å². The normalized spacial score (nSPS) is 19.9. The molecule has 0 aliphatic carbocycles. The molecule has 1 N–H and O–H groups in total. The van der Waals surface area contributed by atoms with Gasteiger partial charge in [0.15, 0.2) is 0 Å². The molecule has 21 heavy (non-hydrogen) atoms. The van der Waals surface area contributed by atoms with Crippen molar-refractivity contribution in [3.63, 3.8) is 0 Å². The number of nitrogens with one attached hydrogen (secondary N) is 1. The Kier molecular flexibility index (Phi) is 4.03. The molecule has 0 amide bonds. The van der Waals surface area contributed by atoms with Gasteiger partial charge in [-0.25, -0.2) is 0 Å². The number of aryl methyl sites for hydroxylation is 3. The van der Waals surface area contributed by atoms with Crippen LogP contribution in [0.2, 0.25) is 0 Å². The van der Waals surface area contributed by atoms with Gasteiger partial charge in [0.1, 0.15) is 0 Å². The van der Waals surface area contributed by atoms with Gasteiger partial charge in [0.05, 0.1) is 30.6 Å². The summed E-state index contributed by atoms with van der Waals surface area (Å²) in [6.07, 6.45) is 0. The van der Waals surface area contributed by atoms with Gasteiger partial charge in [-0.1, -0.05) is 6.07 Å². The average Bonchev–Trinajstić information content (AvgIpc) is 2.79. The Hall–Kier alpha value is -1.72. The second-order valence-corrected chi connectivity index (χ2v) is 5.68. The Morgan fingerprint density at radius 3 is 2.90 bits per heavy atom. The molecule has 5 heteroatoms. The topological polar surface area (TPSA) is 54.0 Å². The van der Waals surface area contributed by atoms with E-state index < -0.39 is 0 Å². The van der Waals surface area contributed by atoms with E-state index in [9.17, 15) is 0 Å². The average molecular weight is 286 g/mol. The molecule has 5 nitrogen and oxygen atoms in total. The maximum atomic E-state index is 5.70. The van der Waals surface area contributed by atoms with Gasteiger partial charge in [-0.2, -0.15) is 5.10 Å². The van der Waals surface area contributed by atoms with E-state index in [-0.39, 0.29) is 6.04 Å². The third kappa shape index (κ3) is 2.99. The minimum atomic E-state index is 0.250. The summed E-state index contributed by atoms with van der Waals surface area (Å²) >= 11 is 0. The molecule has 1 aliphatic rings. The van der Waals surface area contributed by atoms with Crippen molar-refractivity contribution in [2.45, 2.75) is 33.4 Å². The van der Waals surface area contributed by atoms with E-state index >= 15 is 0 Å². The number of hydrogen-bond acceptors (Lipinski definition) is 4. The molecule has 1 saturated heterocycles. The first-order chi connectivity index (χ1) is 10.1. The Morgan fingerprint density at radius 2 is 2.19 bits per heavy atom. The lowest BCUT2D eigenvalue weighted by Crippen LogP contribution is -2.39. The number of H-pyrrole nitrogens is 1. The summed E-state index contributed by atoms with van der Waals surface area (Å²) in [7, 11) is 0. The maximum absolute atomic E-state index is 5.70. The summed E-state index contributed by atoms with van der Waals surface area (Å²) in [5.41, 5.74) is 5.63. The van der Waals surface area contributed by atoms with Crippen molar-refractivity contribution in [2.24, 2.45) is 0 Å². The van der Waals surface area contributed by atoms with Crippen LogP contribution in [-0.4, -0.2) is 39.8 Å². The minimum absolute atomic E-state index is 0.250. The van der Waals surface area contributed by atoms with Crippen LogP contribution in [-0.2, 0) is 11.3 Å². The number of rotatable bonds is 3. The Bertz CT molecular complexity index is 603. The number of nitrogens with zero attached hydrogens (tertiary/aromatic N) is 3. The van der Waals surface area contributed by atoms with Crippen LogP contribution in [0, 0.1) is 20.8 Å². The van der Waals surface area contributed by atoms with Gasteiger partial charge in [0.25, 0.3) is 0 Å². The van der Waals surface area contributed by atoms with Gasteiger partial charge in [0.2, 0.25) is 0 Å². The molecule has 0 aromatic carbocycles. The van der Waals surface area contributed by atoms with Gasteiger partial charge < -0.3 is 4.74 Å². The van der Waals surface area contributed by atoms with Crippen LogP contribution in [0.5, 0.6) is 0 Å². The van der Waals surface area contributed by atoms with Crippen LogP contribution in [0.15, 0.2) is 18.2 Å². The number of aromatic amines is 1. The van der Waals surface area contributed by atoms with Gasteiger partial charge in [-0.05, 0) is 32.9 Å². The number of aromatic nitrogens is 3. The Balaban J connectivity index is 1.85. The largest absolute Gasteiger partial charge is 0.378 e. The van der Waals surface area contributed by atoms with Crippen molar-refractivity contribution >= 4 is 0 Å². The molecule has 0 bridgehead atoms. The molecular formula is C16H22N4O. The molecule has 0 unspecified atom stereocenters. The van der Waals surface area contributed by atoms with Crippen molar-refractivity contribution in [3.8, 4) is 0 Å². The van der Waals surface area contributed by atoms with E-state index in [1.54, 1.807) is 0 Å². The smallest absolute Gasteiger partial charge is 0.0665 e. The molecule has 1 atom stereocenters. The highest BCUT2D eigenvalue weighted by molar-refractivity contribution is 5.28. The summed E-state index contributed by atoms with van der Waals surface area (Å²) in [6.45, 7) is 9.42. The number of ether oxygens (including phenoxy) is 1. The highest BCUT2D eigenvalue weighted by Gasteiger charge is 2.28. The lowest BCUT2D eigenvalue weighted by atomic mass is 10.0. The maximum Gasteiger partial charge on any atom is 0.0665 e. The SMILES string of the molecule is Cc1cccc(CN2CCOC[C@@H]2c2c(C)n[nH]c2C)n1. The molecule has 3 rings (SSSR count). The summed E-state index contributed by atoms with van der Waals surface area (Å²) < 4.78 is 5.70. The highest BCUT2D eigenvalue weighted by atomic mass is 16.5. The standard InChI is InChI=1S/C16H22N4O/c1-11-5-4-6-14(17-11)9-20-7-8-21-10-15(20)16-12(2)18-19-13(16)3/h4-6,15H,7-10H2,1-3H3,(H,18,19)/t15-/m1/s1. The van der Waals surface area contributed by atoms with E-state index in [4.69, 9.17) is 4.74 Å². The number of morpholine rings is 1. The molecule has 0 spiro atoms. The summed E-state index contributed by atoms with van der Waals surface area (Å²) in [6, 6.07) is 6.45. The molecule has 1 fully saturated rings. The summed E-state index contributed by atoms with van der Waals surface area (Å²) in [5, 5.41) is 7.40. The predicted octanol–water partition coefficient (Wildman–Crippen LogP) is 2.30. The van der Waals surface area contributed by atoms with Crippen molar-refractivity contribution in [1.29, 1.82) is 0 Å². The molecule has 0 saturated carbocycles. The van der Waals surface area contributed by atoms with E-state index in [1.807, 2.05) is 13.0 Å². The zero-order chi connectivity index (χ0) is 14.8. The predicted molar refractivity (Wildman–Crippen MR) is 81.0 cm³/mol. The van der Waals surface area contributed by atoms with Crippen molar-refractivity contribution in [3.05, 3.63) is 46.5 Å². The molecule has 2 aromatic heterocycles. The Morgan fingerprint density at radius 1 is 1.33 bits per heavy atom. The van der Waals surface area contributed by atoms with Crippen molar-refractivity contribution in [1.82, 2.24) is 20.1 Å². The molecule has 1 aliphatic heterocycles. The van der Waals surface area contributed by atoms with Crippen LogP contribution in [0.25, 0.3) is 0 Å². The van der Waals surface area contributed by atoms with Crippen LogP contribution in [0.1, 0.15) is 34.4 Å². The minimum Gasteiger partial charge on any atom is -0.378 e. The third-order valence-electron chi connectivity index (χ3n) is 4.07. The van der Waals surface area contributed by atoms with Crippen LogP contribution < -0.4 is 0 Å². The molecule has 112 valence electrons. The lowest BCUT2D eigenvalue weighted by Gasteiger charge is -2.35. The first-order valence-electron chi connectivity index (χ1n) is 7.41. The molecule has 3 heterocycles. The highest BCUT2D eigenvalue weighted by Crippen LogP contribution is 2.29. The second kappa shape index (κ2) is 5.95. The molecule has 2 aromatic rings. The fraction of sp³-hybridized carbons (Fsp3) is 0.500. The Labute approximate surface area is 125 Å². The quantitative estimate of drug-likeness (QED) is 0.940.